The van der Waals surface area contributed by atoms with Gasteiger partial charge in [0.05, 0.1) is 24.2 Å². The molecule has 2 rings (SSSR count). The molecule has 7 nitrogen and oxygen atoms in total. The van der Waals surface area contributed by atoms with Crippen molar-refractivity contribution in [3.05, 3.63) is 60.1 Å². The Bertz CT molecular complexity index is 819. The highest BCUT2D eigenvalue weighted by molar-refractivity contribution is 5.46. The van der Waals surface area contributed by atoms with Crippen molar-refractivity contribution < 1.29 is 24.1 Å². The van der Waals surface area contributed by atoms with Crippen LogP contribution < -0.4 is 10.1 Å². The molecule has 28 heavy (non-hydrogen) atoms. The molecule has 1 aromatic rings. The molecule has 0 spiro atoms. The molecule has 0 aliphatic carbocycles. The van der Waals surface area contributed by atoms with Crippen LogP contribution in [-0.4, -0.2) is 42.5 Å². The minimum atomic E-state index is -0.867. The van der Waals surface area contributed by atoms with E-state index in [4.69, 9.17) is 14.2 Å². The Balaban J connectivity index is 2.22. The summed E-state index contributed by atoms with van der Waals surface area (Å²) in [4.78, 5) is 10.2. The number of carbonyl (C=O) groups excluding carboxylic acids is 1. The van der Waals surface area contributed by atoms with E-state index in [1.165, 1.54) is 12.3 Å². The van der Waals surface area contributed by atoms with E-state index in [-0.39, 0.29) is 19.8 Å². The monoisotopic (exact) mass is 384 g/mol. The van der Waals surface area contributed by atoms with Gasteiger partial charge in [-0.3, -0.25) is 0 Å². The standard InChI is InChI=1S/C21H24N2O5/c1-4-9-27-16(14-26-10-5-8-24)13-23-19-17-11-15(12-22)6-7-18(17)28-21(2,3)20(19)25/h4-7,11,14,19-20,23,25H,1,9-10,13H2,2-3H3/t19-,20+/m0/s1. The normalized spacial score (nSPS) is 20.0. The summed E-state index contributed by atoms with van der Waals surface area (Å²) >= 11 is 0. The van der Waals surface area contributed by atoms with Gasteiger partial charge in [0, 0.05) is 11.6 Å². The van der Waals surface area contributed by atoms with Crippen molar-refractivity contribution in [3.63, 3.8) is 0 Å². The number of ether oxygens (including phenoxy) is 3. The van der Waals surface area contributed by atoms with E-state index in [2.05, 4.69) is 18.0 Å². The third kappa shape index (κ3) is 5.24. The Morgan fingerprint density at radius 1 is 1.46 bits per heavy atom. The van der Waals surface area contributed by atoms with Gasteiger partial charge in [0.15, 0.2) is 0 Å². The third-order valence-corrected chi connectivity index (χ3v) is 4.24. The van der Waals surface area contributed by atoms with Crippen LogP contribution in [0.3, 0.4) is 0 Å². The molecule has 0 bridgehead atoms. The van der Waals surface area contributed by atoms with E-state index in [0.717, 1.165) is 0 Å². The lowest BCUT2D eigenvalue weighted by Gasteiger charge is -2.42. The first-order valence-corrected chi connectivity index (χ1v) is 8.81. The molecule has 1 heterocycles. The van der Waals surface area contributed by atoms with Gasteiger partial charge in [0.25, 0.3) is 0 Å². The summed E-state index contributed by atoms with van der Waals surface area (Å²) in [5.41, 5.74) is 0.345. The quantitative estimate of drug-likeness (QED) is 0.291. The highest BCUT2D eigenvalue weighted by atomic mass is 16.5. The van der Waals surface area contributed by atoms with Crippen LogP contribution in [0.25, 0.3) is 0 Å². The van der Waals surface area contributed by atoms with Gasteiger partial charge in [0.2, 0.25) is 0 Å². The van der Waals surface area contributed by atoms with Crippen molar-refractivity contribution in [2.75, 3.05) is 19.8 Å². The molecule has 1 aromatic carbocycles. The molecule has 1 aliphatic rings. The highest BCUT2D eigenvalue weighted by Crippen LogP contribution is 2.40. The molecular weight excluding hydrogens is 360 g/mol. The Morgan fingerprint density at radius 3 is 2.93 bits per heavy atom. The number of nitrogens with zero attached hydrogens (tertiary/aromatic N) is 1. The van der Waals surface area contributed by atoms with E-state index in [9.17, 15) is 15.2 Å². The van der Waals surface area contributed by atoms with E-state index >= 15 is 0 Å². The number of hydrogen-bond donors (Lipinski definition) is 2. The largest absolute Gasteiger partial charge is 0.493 e. The molecular formula is C21H24N2O5. The smallest absolute Gasteiger partial charge is 0.145 e. The van der Waals surface area contributed by atoms with Crippen molar-refractivity contribution in [1.82, 2.24) is 5.32 Å². The second-order valence-corrected chi connectivity index (χ2v) is 6.71. The van der Waals surface area contributed by atoms with Crippen molar-refractivity contribution in [3.8, 4) is 11.8 Å². The number of aliphatic hydroxyl groups is 1. The Hall–Kier alpha value is -3.04. The Labute approximate surface area is 164 Å². The maximum absolute atomic E-state index is 10.8. The van der Waals surface area contributed by atoms with Crippen LogP contribution in [0.2, 0.25) is 0 Å². The summed E-state index contributed by atoms with van der Waals surface area (Å²) in [6.45, 7) is 7.81. The summed E-state index contributed by atoms with van der Waals surface area (Å²) in [5, 5.41) is 23.3. The number of nitrogens with one attached hydrogen (secondary N) is 1. The second-order valence-electron chi connectivity index (χ2n) is 6.71. The minimum Gasteiger partial charge on any atom is -0.493 e. The molecule has 148 valence electrons. The molecule has 0 saturated heterocycles. The average molecular weight is 384 g/mol. The average Bonchev–Trinajstić information content (AvgIpc) is 2.68. The summed E-state index contributed by atoms with van der Waals surface area (Å²) < 4.78 is 16.7. The number of rotatable bonds is 9. The summed E-state index contributed by atoms with van der Waals surface area (Å²) in [6.07, 6.45) is 3.33. The van der Waals surface area contributed by atoms with Crippen LogP contribution in [0.15, 0.2) is 49.0 Å². The predicted octanol–water partition coefficient (Wildman–Crippen LogP) is 2.17. The molecule has 0 saturated carbocycles. The van der Waals surface area contributed by atoms with Crippen LogP contribution in [-0.2, 0) is 14.3 Å². The fraction of sp³-hybridized carbons (Fsp3) is 0.381. The minimum absolute atomic E-state index is 0.0751. The summed E-state index contributed by atoms with van der Waals surface area (Å²) in [6, 6.07) is 6.72. The SMILES string of the molecule is C=CCOC(=COCC=C=O)CN[C@H]1c2cc(C#N)ccc2OC(C)(C)[C@@H]1O. The maximum atomic E-state index is 10.8. The van der Waals surface area contributed by atoms with E-state index in [1.807, 2.05) is 0 Å². The first-order chi connectivity index (χ1) is 13.4. The predicted molar refractivity (Wildman–Crippen MR) is 103 cm³/mol. The van der Waals surface area contributed by atoms with Gasteiger partial charge in [-0.2, -0.15) is 5.26 Å². The van der Waals surface area contributed by atoms with Crippen molar-refractivity contribution >= 4 is 5.94 Å². The molecule has 0 radical (unpaired) electrons. The van der Waals surface area contributed by atoms with E-state index in [1.54, 1.807) is 44.1 Å². The van der Waals surface area contributed by atoms with E-state index < -0.39 is 17.7 Å². The Kier molecular flexibility index (Phi) is 7.42. The maximum Gasteiger partial charge on any atom is 0.145 e. The van der Waals surface area contributed by atoms with Gasteiger partial charge in [-0.15, -0.1) is 0 Å². The van der Waals surface area contributed by atoms with Crippen LogP contribution in [0.5, 0.6) is 5.75 Å². The van der Waals surface area contributed by atoms with Crippen LogP contribution in [0.4, 0.5) is 0 Å². The van der Waals surface area contributed by atoms with Gasteiger partial charge in [0.1, 0.15) is 48.6 Å². The van der Waals surface area contributed by atoms with Gasteiger partial charge in [-0.05, 0) is 32.0 Å². The zero-order valence-electron chi connectivity index (χ0n) is 16.0. The van der Waals surface area contributed by atoms with Crippen molar-refractivity contribution in [2.45, 2.75) is 31.6 Å². The van der Waals surface area contributed by atoms with Gasteiger partial charge in [-0.25, -0.2) is 4.79 Å². The molecule has 2 atom stereocenters. The van der Waals surface area contributed by atoms with Crippen LogP contribution >= 0.6 is 0 Å². The number of benzene rings is 1. The first-order valence-electron chi connectivity index (χ1n) is 8.81. The molecule has 0 amide bonds. The van der Waals surface area contributed by atoms with Crippen molar-refractivity contribution in [1.29, 1.82) is 5.26 Å². The molecule has 0 unspecified atom stereocenters. The lowest BCUT2D eigenvalue weighted by atomic mass is 9.86. The number of nitriles is 1. The summed E-state index contributed by atoms with van der Waals surface area (Å²) in [5.74, 6) is 2.70. The third-order valence-electron chi connectivity index (χ3n) is 4.24. The fourth-order valence-corrected chi connectivity index (χ4v) is 2.82. The zero-order valence-corrected chi connectivity index (χ0v) is 16.0. The number of fused-ring (bicyclic) bond motifs is 1. The number of aliphatic hydroxyl groups excluding tert-OH is 1. The molecule has 0 aromatic heterocycles. The van der Waals surface area contributed by atoms with Gasteiger partial charge in [-0.1, -0.05) is 12.7 Å². The molecule has 0 fully saturated rings. The topological polar surface area (TPSA) is 101 Å². The van der Waals surface area contributed by atoms with Gasteiger partial charge < -0.3 is 24.6 Å². The zero-order chi connectivity index (χ0) is 20.6. The van der Waals surface area contributed by atoms with E-state index in [0.29, 0.717) is 22.6 Å². The first kappa shape index (κ1) is 21.3. The lowest BCUT2D eigenvalue weighted by molar-refractivity contribution is -0.0645. The highest BCUT2D eigenvalue weighted by Gasteiger charge is 2.42. The Morgan fingerprint density at radius 2 is 2.25 bits per heavy atom. The van der Waals surface area contributed by atoms with Crippen LogP contribution in [0, 0.1) is 11.3 Å². The lowest BCUT2D eigenvalue weighted by Crippen LogP contribution is -2.52. The molecule has 7 heteroatoms. The second kappa shape index (κ2) is 9.77. The summed E-state index contributed by atoms with van der Waals surface area (Å²) in [7, 11) is 0. The fourth-order valence-electron chi connectivity index (χ4n) is 2.82. The van der Waals surface area contributed by atoms with Crippen molar-refractivity contribution in [2.24, 2.45) is 0 Å². The van der Waals surface area contributed by atoms with Crippen LogP contribution in [0.1, 0.15) is 31.0 Å². The molecule has 1 aliphatic heterocycles. The van der Waals surface area contributed by atoms with Gasteiger partial charge >= 0.3 is 0 Å². The number of hydrogen-bond acceptors (Lipinski definition) is 7. The molecule has 2 N–H and O–H groups in total.